The van der Waals surface area contributed by atoms with Gasteiger partial charge >= 0.3 is 18.3 Å². The maximum Gasteiger partial charge on any atom is 0.451 e. The number of aromatic nitrogens is 2. The SMILES string of the molecule is O=C1NC2(CO1)CN(C(=O)N1CC3(CC(c4cnc(C(F)(F)F)nc4)C3)C1)C2. The van der Waals surface area contributed by atoms with Crippen molar-refractivity contribution in [1.82, 2.24) is 25.1 Å². The number of hydrogen-bond donors (Lipinski definition) is 1. The lowest BCUT2D eigenvalue weighted by molar-refractivity contribution is -0.145. The molecule has 1 aliphatic carbocycles. The molecule has 11 heteroatoms. The van der Waals surface area contributed by atoms with Gasteiger partial charge in [0.05, 0.1) is 13.1 Å². The zero-order valence-electron chi connectivity index (χ0n) is 14.8. The summed E-state index contributed by atoms with van der Waals surface area (Å²) in [7, 11) is 0. The normalized spacial score (nSPS) is 25.0. The number of ether oxygens (including phenoxy) is 1. The summed E-state index contributed by atoms with van der Waals surface area (Å²) >= 11 is 0. The van der Waals surface area contributed by atoms with E-state index in [1.807, 2.05) is 0 Å². The van der Waals surface area contributed by atoms with Gasteiger partial charge < -0.3 is 19.9 Å². The average molecular weight is 397 g/mol. The number of nitrogens with one attached hydrogen (secondary N) is 1. The Kier molecular flexibility index (Phi) is 3.43. The second-order valence-corrected chi connectivity index (χ2v) is 8.42. The molecule has 1 saturated carbocycles. The van der Waals surface area contributed by atoms with Crippen molar-refractivity contribution < 1.29 is 27.5 Å². The number of carbonyl (C=O) groups excluding carboxylic acids is 2. The number of carbonyl (C=O) groups is 2. The zero-order valence-corrected chi connectivity index (χ0v) is 14.8. The van der Waals surface area contributed by atoms with E-state index in [0.717, 1.165) is 12.8 Å². The molecular formula is C17H18F3N5O3. The van der Waals surface area contributed by atoms with E-state index in [0.29, 0.717) is 31.7 Å². The molecule has 5 rings (SSSR count). The van der Waals surface area contributed by atoms with E-state index in [1.54, 1.807) is 9.80 Å². The van der Waals surface area contributed by atoms with Gasteiger partial charge in [-0.2, -0.15) is 13.2 Å². The Hall–Kier alpha value is -2.59. The number of cyclic esters (lactones) is 1. The molecule has 1 N–H and O–H groups in total. The van der Waals surface area contributed by atoms with Crippen LogP contribution in [-0.4, -0.2) is 70.2 Å². The minimum atomic E-state index is -4.53. The Morgan fingerprint density at radius 2 is 1.75 bits per heavy atom. The standard InChI is InChI=1S/C17H18F3N5O3/c18-17(19,20)12-21-3-11(4-22-12)10-1-15(2-10)5-24(6-15)14(27)25-7-16(8-25)9-28-13(26)23-16/h3-4,10H,1-2,5-9H2,(H,23,26). The molecule has 1 aromatic heterocycles. The predicted molar refractivity (Wildman–Crippen MR) is 87.2 cm³/mol. The van der Waals surface area contributed by atoms with Gasteiger partial charge in [-0.3, -0.25) is 0 Å². The number of rotatable bonds is 1. The summed E-state index contributed by atoms with van der Waals surface area (Å²) in [4.78, 5) is 34.0. The molecule has 3 aliphatic heterocycles. The fourth-order valence-corrected chi connectivity index (χ4v) is 4.76. The molecule has 3 saturated heterocycles. The van der Waals surface area contributed by atoms with Gasteiger partial charge in [0.2, 0.25) is 5.82 Å². The quantitative estimate of drug-likeness (QED) is 0.778. The predicted octanol–water partition coefficient (Wildman–Crippen LogP) is 1.59. The minimum absolute atomic E-state index is 0.0429. The maximum absolute atomic E-state index is 12.5. The molecule has 0 aromatic carbocycles. The smallest absolute Gasteiger partial charge is 0.447 e. The van der Waals surface area contributed by atoms with Gasteiger partial charge in [0.25, 0.3) is 0 Å². The molecule has 150 valence electrons. The van der Waals surface area contributed by atoms with Crippen LogP contribution in [0.2, 0.25) is 0 Å². The molecule has 3 amide bonds. The van der Waals surface area contributed by atoms with Crippen molar-refractivity contribution in [2.24, 2.45) is 5.41 Å². The summed E-state index contributed by atoms with van der Waals surface area (Å²) in [5.41, 5.74) is 0.334. The van der Waals surface area contributed by atoms with Gasteiger partial charge in [0.1, 0.15) is 12.1 Å². The molecular weight excluding hydrogens is 379 g/mol. The highest BCUT2D eigenvalue weighted by molar-refractivity contribution is 5.79. The maximum atomic E-state index is 12.5. The van der Waals surface area contributed by atoms with Crippen LogP contribution in [0.5, 0.6) is 0 Å². The van der Waals surface area contributed by atoms with Gasteiger partial charge in [0, 0.05) is 30.9 Å². The second kappa shape index (κ2) is 5.48. The first-order valence-corrected chi connectivity index (χ1v) is 9.05. The second-order valence-electron chi connectivity index (χ2n) is 8.42. The summed E-state index contributed by atoms with van der Waals surface area (Å²) in [6.45, 7) is 2.49. The van der Waals surface area contributed by atoms with Crippen LogP contribution in [0.3, 0.4) is 0 Å². The third-order valence-electron chi connectivity index (χ3n) is 6.18. The lowest BCUT2D eigenvalue weighted by Crippen LogP contribution is -2.74. The van der Waals surface area contributed by atoms with E-state index >= 15 is 0 Å². The van der Waals surface area contributed by atoms with Gasteiger partial charge in [-0.1, -0.05) is 0 Å². The van der Waals surface area contributed by atoms with Crippen LogP contribution >= 0.6 is 0 Å². The van der Waals surface area contributed by atoms with E-state index < -0.39 is 23.6 Å². The molecule has 0 atom stereocenters. The Bertz CT molecular complexity index is 823. The van der Waals surface area contributed by atoms with Crippen LogP contribution in [0.25, 0.3) is 0 Å². The first kappa shape index (κ1) is 17.5. The van der Waals surface area contributed by atoms with Crippen molar-refractivity contribution in [2.45, 2.75) is 30.5 Å². The largest absolute Gasteiger partial charge is 0.451 e. The molecule has 0 radical (unpaired) electrons. The summed E-state index contributed by atoms with van der Waals surface area (Å²) in [6, 6.07) is -0.0429. The first-order chi connectivity index (χ1) is 13.2. The van der Waals surface area contributed by atoms with Crippen LogP contribution in [-0.2, 0) is 10.9 Å². The van der Waals surface area contributed by atoms with Crippen LogP contribution in [0.4, 0.5) is 22.8 Å². The monoisotopic (exact) mass is 397 g/mol. The third-order valence-corrected chi connectivity index (χ3v) is 6.18. The molecule has 0 unspecified atom stereocenters. The minimum Gasteiger partial charge on any atom is -0.447 e. The van der Waals surface area contributed by atoms with E-state index in [1.165, 1.54) is 12.4 Å². The molecule has 1 aromatic rings. The summed E-state index contributed by atoms with van der Waals surface area (Å²) in [6.07, 6.45) is -0.822. The Morgan fingerprint density at radius 3 is 2.29 bits per heavy atom. The van der Waals surface area contributed by atoms with Crippen LogP contribution in [0.15, 0.2) is 12.4 Å². The highest BCUT2D eigenvalue weighted by atomic mass is 19.4. The molecule has 8 nitrogen and oxygen atoms in total. The number of halogens is 3. The van der Waals surface area contributed by atoms with Crippen LogP contribution in [0.1, 0.15) is 30.1 Å². The van der Waals surface area contributed by atoms with Crippen molar-refractivity contribution in [3.05, 3.63) is 23.8 Å². The van der Waals surface area contributed by atoms with Gasteiger partial charge in [-0.25, -0.2) is 19.6 Å². The van der Waals surface area contributed by atoms with Crippen molar-refractivity contribution in [3.63, 3.8) is 0 Å². The summed E-state index contributed by atoms with van der Waals surface area (Å²) in [5.74, 6) is -0.987. The third kappa shape index (κ3) is 2.67. The topological polar surface area (TPSA) is 87.7 Å². The molecule has 4 aliphatic rings. The number of likely N-dealkylation sites (tertiary alicyclic amines) is 2. The molecule has 4 fully saturated rings. The number of urea groups is 1. The van der Waals surface area contributed by atoms with Gasteiger partial charge in [0.15, 0.2) is 0 Å². The molecule has 2 spiro atoms. The highest BCUT2D eigenvalue weighted by Gasteiger charge is 2.57. The highest BCUT2D eigenvalue weighted by Crippen LogP contribution is 2.56. The molecule has 28 heavy (non-hydrogen) atoms. The lowest BCUT2D eigenvalue weighted by Gasteiger charge is -2.60. The van der Waals surface area contributed by atoms with E-state index in [2.05, 4.69) is 15.3 Å². The zero-order chi connectivity index (χ0) is 19.7. The van der Waals surface area contributed by atoms with Gasteiger partial charge in [-0.15, -0.1) is 0 Å². The van der Waals surface area contributed by atoms with Crippen molar-refractivity contribution in [1.29, 1.82) is 0 Å². The van der Waals surface area contributed by atoms with E-state index in [-0.39, 0.29) is 24.0 Å². The summed E-state index contributed by atoms with van der Waals surface area (Å²) < 4.78 is 42.5. The van der Waals surface area contributed by atoms with Crippen molar-refractivity contribution >= 4 is 12.1 Å². The molecule has 4 heterocycles. The van der Waals surface area contributed by atoms with Crippen LogP contribution < -0.4 is 5.32 Å². The first-order valence-electron chi connectivity index (χ1n) is 9.05. The fourth-order valence-electron chi connectivity index (χ4n) is 4.76. The Labute approximate surface area is 158 Å². The number of alkyl halides is 3. The fraction of sp³-hybridized carbons (Fsp3) is 0.647. The van der Waals surface area contributed by atoms with Crippen molar-refractivity contribution in [3.8, 4) is 0 Å². The number of hydrogen-bond acceptors (Lipinski definition) is 5. The Morgan fingerprint density at radius 1 is 1.14 bits per heavy atom. The van der Waals surface area contributed by atoms with Crippen LogP contribution in [0, 0.1) is 5.41 Å². The van der Waals surface area contributed by atoms with E-state index in [4.69, 9.17) is 4.74 Å². The van der Waals surface area contributed by atoms with E-state index in [9.17, 15) is 22.8 Å². The summed E-state index contributed by atoms with van der Waals surface area (Å²) in [5, 5.41) is 2.75. The molecule has 0 bridgehead atoms. The number of amides is 3. The van der Waals surface area contributed by atoms with Crippen molar-refractivity contribution in [2.75, 3.05) is 32.8 Å². The van der Waals surface area contributed by atoms with Gasteiger partial charge in [-0.05, 0) is 24.3 Å². The number of alkyl carbamates (subject to hydrolysis) is 1. The Balaban J connectivity index is 1.11. The average Bonchev–Trinajstić information content (AvgIpc) is 2.92. The number of nitrogens with zero attached hydrogens (tertiary/aromatic N) is 4. The lowest BCUT2D eigenvalue weighted by atomic mass is 9.56.